The van der Waals surface area contributed by atoms with E-state index >= 15 is 0 Å². The SMILES string of the molecule is CCCC(CC(=O)O)NC(=O)NC(C)C(=O)OC. The van der Waals surface area contributed by atoms with Gasteiger partial charge in [-0.25, -0.2) is 9.59 Å². The van der Waals surface area contributed by atoms with Crippen LogP contribution in [0.5, 0.6) is 0 Å². The van der Waals surface area contributed by atoms with Gasteiger partial charge in [0.25, 0.3) is 0 Å². The molecule has 0 aromatic carbocycles. The van der Waals surface area contributed by atoms with E-state index in [4.69, 9.17) is 5.11 Å². The van der Waals surface area contributed by atoms with Gasteiger partial charge < -0.3 is 20.5 Å². The van der Waals surface area contributed by atoms with Crippen LogP contribution in [-0.2, 0) is 14.3 Å². The number of amides is 2. The largest absolute Gasteiger partial charge is 0.481 e. The van der Waals surface area contributed by atoms with Gasteiger partial charge in [0.1, 0.15) is 6.04 Å². The molecule has 0 aliphatic carbocycles. The quantitative estimate of drug-likeness (QED) is 0.578. The fraction of sp³-hybridized carbons (Fsp3) is 0.727. The Hall–Kier alpha value is -1.79. The molecule has 0 spiro atoms. The molecule has 2 unspecified atom stereocenters. The Balaban J connectivity index is 4.24. The zero-order valence-electron chi connectivity index (χ0n) is 10.9. The maximum Gasteiger partial charge on any atom is 0.328 e. The summed E-state index contributed by atoms with van der Waals surface area (Å²) in [6.45, 7) is 3.38. The van der Waals surface area contributed by atoms with Crippen LogP contribution in [0.15, 0.2) is 0 Å². The van der Waals surface area contributed by atoms with Crippen molar-refractivity contribution in [3.63, 3.8) is 0 Å². The minimum absolute atomic E-state index is 0.145. The summed E-state index contributed by atoms with van der Waals surface area (Å²) >= 11 is 0. The number of methoxy groups -OCH3 is 1. The highest BCUT2D eigenvalue weighted by atomic mass is 16.5. The van der Waals surface area contributed by atoms with E-state index in [9.17, 15) is 14.4 Å². The number of rotatable bonds is 7. The van der Waals surface area contributed by atoms with E-state index in [-0.39, 0.29) is 6.42 Å². The summed E-state index contributed by atoms with van der Waals surface area (Å²) in [4.78, 5) is 33.2. The third-order valence-corrected chi connectivity index (χ3v) is 2.30. The van der Waals surface area contributed by atoms with Crippen LogP contribution in [0.2, 0.25) is 0 Å². The minimum atomic E-state index is -0.977. The minimum Gasteiger partial charge on any atom is -0.481 e. The third kappa shape index (κ3) is 6.72. The maximum absolute atomic E-state index is 11.5. The first-order valence-corrected chi connectivity index (χ1v) is 5.77. The Morgan fingerprint density at radius 2 is 1.89 bits per heavy atom. The van der Waals surface area contributed by atoms with E-state index in [2.05, 4.69) is 15.4 Å². The van der Waals surface area contributed by atoms with Crippen molar-refractivity contribution in [3.8, 4) is 0 Å². The van der Waals surface area contributed by atoms with Gasteiger partial charge in [-0.1, -0.05) is 13.3 Å². The summed E-state index contributed by atoms with van der Waals surface area (Å²) in [6, 6.07) is -1.80. The predicted molar refractivity (Wildman–Crippen MR) is 64.1 cm³/mol. The third-order valence-electron chi connectivity index (χ3n) is 2.30. The second-order valence-corrected chi connectivity index (χ2v) is 3.95. The van der Waals surface area contributed by atoms with Gasteiger partial charge in [0.05, 0.1) is 13.5 Å². The van der Waals surface area contributed by atoms with Crippen LogP contribution < -0.4 is 10.6 Å². The second kappa shape index (κ2) is 8.32. The van der Waals surface area contributed by atoms with Crippen LogP contribution in [0, 0.1) is 0 Å². The summed E-state index contributed by atoms with van der Waals surface area (Å²) in [5.41, 5.74) is 0. The van der Waals surface area contributed by atoms with E-state index < -0.39 is 30.1 Å². The van der Waals surface area contributed by atoms with Gasteiger partial charge >= 0.3 is 18.0 Å². The molecular weight excluding hydrogens is 240 g/mol. The van der Waals surface area contributed by atoms with Crippen molar-refractivity contribution in [3.05, 3.63) is 0 Å². The summed E-state index contributed by atoms with van der Waals surface area (Å²) in [5.74, 6) is -1.54. The number of ether oxygens (including phenoxy) is 1. The summed E-state index contributed by atoms with van der Waals surface area (Å²) in [5, 5.41) is 13.6. The molecule has 0 radical (unpaired) electrons. The molecule has 0 bridgehead atoms. The van der Waals surface area contributed by atoms with Crippen molar-refractivity contribution in [1.82, 2.24) is 10.6 Å². The molecule has 7 heteroatoms. The molecule has 2 amide bonds. The van der Waals surface area contributed by atoms with Crippen LogP contribution in [0.25, 0.3) is 0 Å². The van der Waals surface area contributed by atoms with Crippen LogP contribution >= 0.6 is 0 Å². The average molecular weight is 260 g/mol. The molecule has 0 saturated carbocycles. The van der Waals surface area contributed by atoms with Gasteiger partial charge in [-0.05, 0) is 13.3 Å². The first kappa shape index (κ1) is 16.2. The molecule has 0 saturated heterocycles. The molecule has 7 nitrogen and oxygen atoms in total. The predicted octanol–water partition coefficient (Wildman–Crippen LogP) is 0.491. The Bertz CT molecular complexity index is 306. The number of esters is 1. The monoisotopic (exact) mass is 260 g/mol. The van der Waals surface area contributed by atoms with Crippen LogP contribution in [-0.4, -0.2) is 42.3 Å². The number of carboxylic acid groups (broad SMARTS) is 1. The molecule has 104 valence electrons. The highest BCUT2D eigenvalue weighted by molar-refractivity contribution is 5.83. The Morgan fingerprint density at radius 1 is 1.28 bits per heavy atom. The number of carbonyl (C=O) groups excluding carboxylic acids is 2. The summed E-state index contributed by atoms with van der Waals surface area (Å²) in [6.07, 6.45) is 1.17. The van der Waals surface area contributed by atoms with Crippen molar-refractivity contribution in [2.45, 2.75) is 45.2 Å². The number of hydrogen-bond acceptors (Lipinski definition) is 4. The number of carboxylic acids is 1. The van der Waals surface area contributed by atoms with Gasteiger partial charge in [-0.15, -0.1) is 0 Å². The van der Waals surface area contributed by atoms with Gasteiger partial charge in [-0.3, -0.25) is 4.79 Å². The van der Waals surface area contributed by atoms with Crippen molar-refractivity contribution in [2.24, 2.45) is 0 Å². The average Bonchev–Trinajstić information content (AvgIpc) is 2.26. The zero-order valence-corrected chi connectivity index (χ0v) is 10.9. The Kier molecular flexibility index (Phi) is 7.50. The van der Waals surface area contributed by atoms with Crippen molar-refractivity contribution in [2.75, 3.05) is 7.11 Å². The van der Waals surface area contributed by atoms with Crippen LogP contribution in [0.4, 0.5) is 4.79 Å². The number of urea groups is 1. The lowest BCUT2D eigenvalue weighted by atomic mass is 10.1. The Labute approximate surface area is 106 Å². The van der Waals surface area contributed by atoms with Crippen molar-refractivity contribution in [1.29, 1.82) is 0 Å². The maximum atomic E-state index is 11.5. The molecule has 0 fully saturated rings. The van der Waals surface area contributed by atoms with Gasteiger partial charge in [0.15, 0.2) is 0 Å². The molecule has 0 aromatic rings. The number of aliphatic carboxylic acids is 1. The van der Waals surface area contributed by atoms with Gasteiger partial charge in [0.2, 0.25) is 0 Å². The normalized spacial score (nSPS) is 13.3. The molecule has 0 aliphatic rings. The first-order valence-electron chi connectivity index (χ1n) is 5.77. The number of nitrogens with one attached hydrogen (secondary N) is 2. The molecule has 0 heterocycles. The van der Waals surface area contributed by atoms with E-state index in [0.717, 1.165) is 6.42 Å². The van der Waals surface area contributed by atoms with E-state index in [1.165, 1.54) is 14.0 Å². The molecule has 3 N–H and O–H groups in total. The number of carbonyl (C=O) groups is 3. The lowest BCUT2D eigenvalue weighted by Crippen LogP contribution is -2.48. The second-order valence-electron chi connectivity index (χ2n) is 3.95. The Morgan fingerprint density at radius 3 is 2.33 bits per heavy atom. The molecule has 18 heavy (non-hydrogen) atoms. The first-order chi connectivity index (χ1) is 8.40. The van der Waals surface area contributed by atoms with E-state index in [0.29, 0.717) is 6.42 Å². The molecule has 0 rings (SSSR count). The molecular formula is C11H20N2O5. The van der Waals surface area contributed by atoms with E-state index in [1.54, 1.807) is 0 Å². The molecule has 0 aliphatic heterocycles. The van der Waals surface area contributed by atoms with Gasteiger partial charge in [0, 0.05) is 6.04 Å². The van der Waals surface area contributed by atoms with Crippen molar-refractivity contribution >= 4 is 18.0 Å². The zero-order chi connectivity index (χ0) is 14.1. The molecule has 2 atom stereocenters. The highest BCUT2D eigenvalue weighted by Crippen LogP contribution is 2.01. The smallest absolute Gasteiger partial charge is 0.328 e. The fourth-order valence-corrected chi connectivity index (χ4v) is 1.44. The highest BCUT2D eigenvalue weighted by Gasteiger charge is 2.19. The lowest BCUT2D eigenvalue weighted by Gasteiger charge is -2.18. The molecule has 0 aromatic heterocycles. The summed E-state index contributed by atoms with van der Waals surface area (Å²) < 4.78 is 4.45. The topological polar surface area (TPSA) is 105 Å². The lowest BCUT2D eigenvalue weighted by molar-refractivity contribution is -0.142. The number of hydrogen-bond donors (Lipinski definition) is 3. The van der Waals surface area contributed by atoms with Crippen LogP contribution in [0.3, 0.4) is 0 Å². The van der Waals surface area contributed by atoms with Gasteiger partial charge in [-0.2, -0.15) is 0 Å². The fourth-order valence-electron chi connectivity index (χ4n) is 1.44. The summed E-state index contributed by atoms with van der Waals surface area (Å²) in [7, 11) is 1.22. The van der Waals surface area contributed by atoms with Crippen LogP contribution in [0.1, 0.15) is 33.1 Å². The van der Waals surface area contributed by atoms with E-state index in [1.807, 2.05) is 6.92 Å². The standard InChI is InChI=1S/C11H20N2O5/c1-4-5-8(6-9(14)15)13-11(17)12-7(2)10(16)18-3/h7-8H,4-6H2,1-3H3,(H,14,15)(H2,12,13,17). The van der Waals surface area contributed by atoms with Crippen molar-refractivity contribution < 1.29 is 24.2 Å².